The van der Waals surface area contributed by atoms with Gasteiger partial charge in [-0.15, -0.1) is 24.0 Å². The third-order valence-electron chi connectivity index (χ3n) is 4.59. The highest BCUT2D eigenvalue weighted by molar-refractivity contribution is 14.0. The lowest BCUT2D eigenvalue weighted by Gasteiger charge is -2.45. The maximum Gasteiger partial charge on any atom is 0.193 e. The molecule has 5 heteroatoms. The molecule has 4 nitrogen and oxygen atoms in total. The van der Waals surface area contributed by atoms with E-state index < -0.39 is 0 Å². The van der Waals surface area contributed by atoms with E-state index in [9.17, 15) is 0 Å². The van der Waals surface area contributed by atoms with Gasteiger partial charge in [-0.1, -0.05) is 26.0 Å². The molecule has 1 saturated carbocycles. The maximum atomic E-state index is 6.06. The Hall–Kier alpha value is -0.820. The summed E-state index contributed by atoms with van der Waals surface area (Å²) in [7, 11) is 0. The molecular weight excluding hydrogens is 389 g/mol. The Labute approximate surface area is 149 Å². The predicted molar refractivity (Wildman–Crippen MR) is 102 cm³/mol. The molecule has 122 valence electrons. The third-order valence-corrected chi connectivity index (χ3v) is 4.59. The molecule has 3 atom stereocenters. The van der Waals surface area contributed by atoms with Crippen LogP contribution >= 0.6 is 24.0 Å². The van der Waals surface area contributed by atoms with Crippen LogP contribution in [0.2, 0.25) is 0 Å². The number of anilines is 1. The first-order chi connectivity index (χ1) is 10.1. The Kier molecular flexibility index (Phi) is 6.09. The standard InChI is InChI=1S/C17H25N3O.HI/c1-11(2)12-5-3-6-13(9-12)19-17(18)20-15-10-16-14(15)7-4-8-21-16;/h3,5-6,9,11,14-16H,4,7-8,10H2,1-2H3,(H3,18,19,20);1H. The van der Waals surface area contributed by atoms with Crippen molar-refractivity contribution < 1.29 is 4.74 Å². The SMILES string of the molecule is CC(C)c1cccc(NC(N)=NC2CC3OCCCC23)c1.I. The molecule has 1 aromatic carbocycles. The fourth-order valence-electron chi connectivity index (χ4n) is 3.25. The largest absolute Gasteiger partial charge is 0.378 e. The molecule has 0 spiro atoms. The monoisotopic (exact) mass is 415 g/mol. The number of nitrogens with one attached hydrogen (secondary N) is 1. The number of halogens is 1. The van der Waals surface area contributed by atoms with Gasteiger partial charge >= 0.3 is 0 Å². The van der Waals surface area contributed by atoms with E-state index in [1.54, 1.807) is 0 Å². The van der Waals surface area contributed by atoms with Crippen LogP contribution in [0.1, 0.15) is 44.6 Å². The van der Waals surface area contributed by atoms with Crippen LogP contribution in [-0.4, -0.2) is 24.7 Å². The van der Waals surface area contributed by atoms with Gasteiger partial charge in [-0.3, -0.25) is 0 Å². The Bertz CT molecular complexity index is 532. The van der Waals surface area contributed by atoms with E-state index in [-0.39, 0.29) is 24.0 Å². The van der Waals surface area contributed by atoms with Gasteiger partial charge in [0.05, 0.1) is 12.1 Å². The van der Waals surface area contributed by atoms with Crippen LogP contribution in [-0.2, 0) is 4.74 Å². The molecule has 22 heavy (non-hydrogen) atoms. The first-order valence-corrected chi connectivity index (χ1v) is 7.95. The number of benzene rings is 1. The van der Waals surface area contributed by atoms with Crippen LogP contribution < -0.4 is 11.1 Å². The number of hydrogen-bond donors (Lipinski definition) is 2. The lowest BCUT2D eigenvalue weighted by atomic mass is 9.73. The molecule has 3 unspecified atom stereocenters. The number of guanidine groups is 1. The van der Waals surface area contributed by atoms with Crippen LogP contribution in [0.15, 0.2) is 29.3 Å². The zero-order chi connectivity index (χ0) is 14.8. The van der Waals surface area contributed by atoms with Crippen LogP contribution in [0, 0.1) is 5.92 Å². The van der Waals surface area contributed by atoms with E-state index in [1.165, 1.54) is 12.0 Å². The molecule has 0 aromatic heterocycles. The average Bonchev–Trinajstić information content (AvgIpc) is 2.45. The first-order valence-electron chi connectivity index (χ1n) is 7.95. The maximum absolute atomic E-state index is 6.06. The zero-order valence-electron chi connectivity index (χ0n) is 13.3. The van der Waals surface area contributed by atoms with Gasteiger partial charge in [-0.2, -0.15) is 0 Å². The van der Waals surface area contributed by atoms with Crippen molar-refractivity contribution in [2.24, 2.45) is 16.6 Å². The second-order valence-corrected chi connectivity index (χ2v) is 6.44. The second-order valence-electron chi connectivity index (χ2n) is 6.44. The van der Waals surface area contributed by atoms with E-state index >= 15 is 0 Å². The number of hydrogen-bond acceptors (Lipinski definition) is 2. The van der Waals surface area contributed by atoms with Crippen LogP contribution in [0.3, 0.4) is 0 Å². The lowest BCUT2D eigenvalue weighted by molar-refractivity contribution is -0.0937. The smallest absolute Gasteiger partial charge is 0.193 e. The van der Waals surface area contributed by atoms with E-state index in [0.717, 1.165) is 25.1 Å². The summed E-state index contributed by atoms with van der Waals surface area (Å²) < 4.78 is 5.72. The van der Waals surface area contributed by atoms with Gasteiger partial charge < -0.3 is 15.8 Å². The van der Waals surface area contributed by atoms with Crippen LogP contribution in [0.5, 0.6) is 0 Å². The van der Waals surface area contributed by atoms with Crippen molar-refractivity contribution in [3.8, 4) is 0 Å². The lowest BCUT2D eigenvalue weighted by Crippen LogP contribution is -2.49. The zero-order valence-corrected chi connectivity index (χ0v) is 15.6. The van der Waals surface area contributed by atoms with Gasteiger partial charge in [0.25, 0.3) is 0 Å². The highest BCUT2D eigenvalue weighted by Gasteiger charge is 2.43. The minimum Gasteiger partial charge on any atom is -0.378 e. The molecule has 0 amide bonds. The van der Waals surface area contributed by atoms with E-state index in [0.29, 0.717) is 29.9 Å². The van der Waals surface area contributed by atoms with Gasteiger partial charge in [0, 0.05) is 18.2 Å². The summed E-state index contributed by atoms with van der Waals surface area (Å²) in [6.07, 6.45) is 3.80. The van der Waals surface area contributed by atoms with Crippen molar-refractivity contribution in [2.45, 2.75) is 51.2 Å². The highest BCUT2D eigenvalue weighted by Crippen LogP contribution is 2.39. The second kappa shape index (κ2) is 7.64. The van der Waals surface area contributed by atoms with Crippen molar-refractivity contribution in [2.75, 3.05) is 11.9 Å². The van der Waals surface area contributed by atoms with Crippen molar-refractivity contribution in [1.29, 1.82) is 0 Å². The number of rotatable bonds is 3. The molecule has 1 aliphatic heterocycles. The van der Waals surface area contributed by atoms with Gasteiger partial charge in [0.1, 0.15) is 0 Å². The van der Waals surface area contributed by atoms with E-state index in [1.807, 2.05) is 6.07 Å². The number of ether oxygens (including phenoxy) is 1. The summed E-state index contributed by atoms with van der Waals surface area (Å²) in [4.78, 5) is 4.64. The van der Waals surface area contributed by atoms with E-state index in [2.05, 4.69) is 42.4 Å². The summed E-state index contributed by atoms with van der Waals surface area (Å²) in [5.74, 6) is 1.60. The average molecular weight is 415 g/mol. The normalized spacial score (nSPS) is 27.6. The van der Waals surface area contributed by atoms with Crippen molar-refractivity contribution in [1.82, 2.24) is 0 Å². The van der Waals surface area contributed by atoms with E-state index in [4.69, 9.17) is 10.5 Å². The Morgan fingerprint density at radius 3 is 2.95 bits per heavy atom. The summed E-state index contributed by atoms with van der Waals surface area (Å²) >= 11 is 0. The Balaban J connectivity index is 0.00000176. The van der Waals surface area contributed by atoms with Crippen molar-refractivity contribution in [3.63, 3.8) is 0 Å². The molecule has 2 aliphatic rings. The molecule has 3 N–H and O–H groups in total. The molecule has 1 aliphatic carbocycles. The molecule has 1 heterocycles. The Morgan fingerprint density at radius 2 is 2.23 bits per heavy atom. The molecule has 0 radical (unpaired) electrons. The van der Waals surface area contributed by atoms with Gasteiger partial charge in [0.15, 0.2) is 5.96 Å². The highest BCUT2D eigenvalue weighted by atomic mass is 127. The minimum atomic E-state index is 0. The molecule has 0 bridgehead atoms. The number of fused-ring (bicyclic) bond motifs is 1. The molecule has 1 aromatic rings. The van der Waals surface area contributed by atoms with Gasteiger partial charge in [-0.25, -0.2) is 4.99 Å². The van der Waals surface area contributed by atoms with Gasteiger partial charge in [-0.05, 0) is 42.9 Å². The number of nitrogens with two attached hydrogens (primary N) is 1. The third kappa shape index (κ3) is 3.93. The number of aliphatic imine (C=N–C) groups is 1. The fraction of sp³-hybridized carbons (Fsp3) is 0.588. The molecule has 1 saturated heterocycles. The van der Waals surface area contributed by atoms with Gasteiger partial charge in [0.2, 0.25) is 0 Å². The van der Waals surface area contributed by atoms with Crippen molar-refractivity contribution >= 4 is 35.6 Å². The quantitative estimate of drug-likeness (QED) is 0.450. The predicted octanol–water partition coefficient (Wildman–Crippen LogP) is 3.72. The summed E-state index contributed by atoms with van der Waals surface area (Å²) in [6.45, 7) is 5.29. The summed E-state index contributed by atoms with van der Waals surface area (Å²) in [5.41, 5.74) is 8.38. The minimum absolute atomic E-state index is 0. The Morgan fingerprint density at radius 1 is 1.41 bits per heavy atom. The molecular formula is C17H26IN3O. The number of nitrogens with zero attached hydrogens (tertiary/aromatic N) is 1. The topological polar surface area (TPSA) is 59.6 Å². The van der Waals surface area contributed by atoms with Crippen LogP contribution in [0.4, 0.5) is 5.69 Å². The first kappa shape index (κ1) is 17.5. The van der Waals surface area contributed by atoms with Crippen molar-refractivity contribution in [3.05, 3.63) is 29.8 Å². The fourth-order valence-corrected chi connectivity index (χ4v) is 3.25. The van der Waals surface area contributed by atoms with Crippen LogP contribution in [0.25, 0.3) is 0 Å². The summed E-state index contributed by atoms with van der Waals surface area (Å²) in [6, 6.07) is 8.69. The molecule has 3 rings (SSSR count). The summed E-state index contributed by atoms with van der Waals surface area (Å²) in [5, 5.41) is 3.22. The molecule has 2 fully saturated rings.